The molecule has 1 N–H and O–H groups in total. The molecule has 1 amide bonds. The summed E-state index contributed by atoms with van der Waals surface area (Å²) < 4.78 is 5.50. The van der Waals surface area contributed by atoms with E-state index in [1.807, 2.05) is 73.7 Å². The Morgan fingerprint density at radius 1 is 1.03 bits per heavy atom. The molecule has 1 heterocycles. The summed E-state index contributed by atoms with van der Waals surface area (Å²) in [6, 6.07) is 21.1. The Balaban J connectivity index is 1.57. The maximum Gasteiger partial charge on any atom is 0.234 e. The maximum absolute atomic E-state index is 12.6. The number of hydrogen-bond donors (Lipinski definition) is 1. The van der Waals surface area contributed by atoms with E-state index in [-0.39, 0.29) is 11.7 Å². The van der Waals surface area contributed by atoms with Crippen LogP contribution in [0.3, 0.4) is 0 Å². The van der Waals surface area contributed by atoms with Gasteiger partial charge in [-0.25, -0.2) is 9.97 Å². The highest BCUT2D eigenvalue weighted by Crippen LogP contribution is 2.28. The van der Waals surface area contributed by atoms with Crippen LogP contribution in [-0.2, 0) is 11.2 Å². The monoisotopic (exact) mass is 463 g/mol. The van der Waals surface area contributed by atoms with Crippen molar-refractivity contribution in [3.05, 3.63) is 88.6 Å². The van der Waals surface area contributed by atoms with E-state index in [4.69, 9.17) is 26.3 Å². The molecule has 4 aromatic rings. The van der Waals surface area contributed by atoms with Gasteiger partial charge in [0.2, 0.25) is 5.91 Å². The van der Waals surface area contributed by atoms with Crippen molar-refractivity contribution in [3.63, 3.8) is 0 Å². The van der Waals surface area contributed by atoms with Gasteiger partial charge in [-0.3, -0.25) is 4.79 Å². The van der Waals surface area contributed by atoms with E-state index in [0.717, 1.165) is 38.6 Å². The van der Waals surface area contributed by atoms with Gasteiger partial charge in [0.05, 0.1) is 40.3 Å². The molecular weight excluding hydrogens is 442 g/mol. The molecule has 0 saturated carbocycles. The minimum atomic E-state index is -0.154. The van der Waals surface area contributed by atoms with E-state index >= 15 is 0 Å². The van der Waals surface area contributed by atoms with Gasteiger partial charge < -0.3 is 10.1 Å². The Hall–Kier alpha value is -3.09. The average Bonchev–Trinajstić information content (AvgIpc) is 2.80. The molecule has 0 atom stereocenters. The number of carbonyl (C=O) groups is 1. The lowest BCUT2D eigenvalue weighted by Gasteiger charge is -2.12. The van der Waals surface area contributed by atoms with Crippen molar-refractivity contribution >= 4 is 46.0 Å². The molecule has 0 spiro atoms. The van der Waals surface area contributed by atoms with Crippen LogP contribution in [0.4, 0.5) is 5.69 Å². The van der Waals surface area contributed by atoms with Crippen LogP contribution in [-0.4, -0.2) is 28.7 Å². The van der Waals surface area contributed by atoms with Gasteiger partial charge in [-0.1, -0.05) is 59.8 Å². The Labute approximate surface area is 196 Å². The molecule has 0 aliphatic rings. The summed E-state index contributed by atoms with van der Waals surface area (Å²) in [7, 11) is 1.65. The second-order valence-corrected chi connectivity index (χ2v) is 8.64. The number of aromatic nitrogens is 2. The zero-order chi connectivity index (χ0) is 22.5. The summed E-state index contributed by atoms with van der Waals surface area (Å²) >= 11 is 7.61. The number of ether oxygens (including phenoxy) is 1. The first-order valence-corrected chi connectivity index (χ1v) is 11.5. The second kappa shape index (κ2) is 10.0. The first kappa shape index (κ1) is 22.1. The summed E-state index contributed by atoms with van der Waals surface area (Å²) in [4.78, 5) is 22.2. The topological polar surface area (TPSA) is 64.1 Å². The van der Waals surface area contributed by atoms with Crippen LogP contribution in [0.2, 0.25) is 5.02 Å². The fourth-order valence-corrected chi connectivity index (χ4v) is 4.39. The molecule has 1 aromatic heterocycles. The number of rotatable bonds is 7. The quantitative estimate of drug-likeness (QED) is 0.344. The zero-order valence-electron chi connectivity index (χ0n) is 17.8. The predicted molar refractivity (Wildman–Crippen MR) is 131 cm³/mol. The van der Waals surface area contributed by atoms with Gasteiger partial charge in [-0.05, 0) is 42.8 Å². The molecule has 162 valence electrons. The normalized spacial score (nSPS) is 10.8. The second-order valence-electron chi connectivity index (χ2n) is 7.27. The molecule has 7 heteroatoms. The van der Waals surface area contributed by atoms with Crippen LogP contribution >= 0.6 is 23.4 Å². The lowest BCUT2D eigenvalue weighted by molar-refractivity contribution is -0.113. The number of carbonyl (C=O) groups excluding carboxylic acids is 1. The first-order valence-electron chi connectivity index (χ1n) is 10.1. The van der Waals surface area contributed by atoms with Gasteiger partial charge in [0.15, 0.2) is 0 Å². The number of benzene rings is 3. The Morgan fingerprint density at radius 2 is 1.75 bits per heavy atom. The van der Waals surface area contributed by atoms with Gasteiger partial charge >= 0.3 is 0 Å². The number of nitrogens with one attached hydrogen (secondary N) is 1. The minimum absolute atomic E-state index is 0.154. The first-order chi connectivity index (χ1) is 15.5. The summed E-state index contributed by atoms with van der Waals surface area (Å²) in [6.45, 7) is 1.95. The van der Waals surface area contributed by atoms with Crippen molar-refractivity contribution in [3.8, 4) is 5.75 Å². The summed E-state index contributed by atoms with van der Waals surface area (Å²) in [5, 5.41) is 4.11. The van der Waals surface area contributed by atoms with Gasteiger partial charge in [-0.2, -0.15) is 0 Å². The van der Waals surface area contributed by atoms with Crippen LogP contribution in [0.1, 0.15) is 16.8 Å². The molecule has 0 bridgehead atoms. The number of methoxy groups -OCH3 is 1. The number of thioether (sulfide) groups is 1. The minimum Gasteiger partial charge on any atom is -0.496 e. The van der Waals surface area contributed by atoms with E-state index in [0.29, 0.717) is 17.1 Å². The molecular formula is C25H22ClN3O2S. The molecule has 0 aliphatic heterocycles. The van der Waals surface area contributed by atoms with Crippen LogP contribution in [0, 0.1) is 6.92 Å². The molecule has 0 saturated heterocycles. The molecule has 3 aromatic carbocycles. The summed E-state index contributed by atoms with van der Waals surface area (Å²) in [6.07, 6.45) is 0.551. The number of hydrogen-bond acceptors (Lipinski definition) is 5. The lowest BCUT2D eigenvalue weighted by Crippen LogP contribution is -2.15. The van der Waals surface area contributed by atoms with E-state index in [9.17, 15) is 4.79 Å². The number of amides is 1. The van der Waals surface area contributed by atoms with Gasteiger partial charge in [-0.15, -0.1) is 0 Å². The number of halogens is 1. The molecule has 0 unspecified atom stereocenters. The van der Waals surface area contributed by atoms with Crippen LogP contribution in [0.5, 0.6) is 5.75 Å². The SMILES string of the molecule is COc1ccccc1Cc1nc2ccccc2nc1SCC(=O)Nc1ccc(C)cc1Cl. The standard InChI is InChI=1S/C25H22ClN3O2S/c1-16-11-12-19(18(26)13-16)28-24(30)15-32-25-22(14-17-7-3-6-10-23(17)31-2)27-20-8-4-5-9-21(20)29-25/h3-13H,14-15H2,1-2H3,(H,28,30). The maximum atomic E-state index is 12.6. The molecule has 0 aliphatic carbocycles. The van der Waals surface area contributed by atoms with Crippen molar-refractivity contribution in [1.29, 1.82) is 0 Å². The van der Waals surface area contributed by atoms with Crippen molar-refractivity contribution in [2.75, 3.05) is 18.2 Å². The smallest absolute Gasteiger partial charge is 0.234 e. The van der Waals surface area contributed by atoms with Gasteiger partial charge in [0.1, 0.15) is 10.8 Å². The van der Waals surface area contributed by atoms with Crippen molar-refractivity contribution in [1.82, 2.24) is 9.97 Å². The molecule has 0 radical (unpaired) electrons. The summed E-state index contributed by atoms with van der Waals surface area (Å²) in [5.41, 5.74) is 5.06. The van der Waals surface area contributed by atoms with E-state index in [2.05, 4.69) is 5.32 Å². The summed E-state index contributed by atoms with van der Waals surface area (Å²) in [5.74, 6) is 0.833. The van der Waals surface area contributed by atoms with Gasteiger partial charge in [0, 0.05) is 12.0 Å². The van der Waals surface area contributed by atoms with E-state index in [1.165, 1.54) is 11.8 Å². The number of para-hydroxylation sites is 3. The fourth-order valence-electron chi connectivity index (χ4n) is 3.32. The van der Waals surface area contributed by atoms with Crippen LogP contribution in [0.25, 0.3) is 11.0 Å². The number of fused-ring (bicyclic) bond motifs is 1. The number of nitrogens with zero attached hydrogens (tertiary/aromatic N) is 2. The highest BCUT2D eigenvalue weighted by atomic mass is 35.5. The zero-order valence-corrected chi connectivity index (χ0v) is 19.3. The number of aryl methyl sites for hydroxylation is 1. The lowest BCUT2D eigenvalue weighted by atomic mass is 10.1. The Morgan fingerprint density at radius 3 is 2.50 bits per heavy atom. The fraction of sp³-hybridized carbons (Fsp3) is 0.160. The third-order valence-corrected chi connectivity index (χ3v) is 6.21. The number of anilines is 1. The highest BCUT2D eigenvalue weighted by molar-refractivity contribution is 8.00. The Bertz CT molecular complexity index is 1280. The van der Waals surface area contributed by atoms with Gasteiger partial charge in [0.25, 0.3) is 0 Å². The molecule has 32 heavy (non-hydrogen) atoms. The Kier molecular flexibility index (Phi) is 6.93. The molecule has 5 nitrogen and oxygen atoms in total. The highest BCUT2D eigenvalue weighted by Gasteiger charge is 2.15. The van der Waals surface area contributed by atoms with Crippen molar-refractivity contribution in [2.45, 2.75) is 18.4 Å². The van der Waals surface area contributed by atoms with E-state index in [1.54, 1.807) is 7.11 Å². The molecule has 0 fully saturated rings. The molecule has 4 rings (SSSR count). The third-order valence-electron chi connectivity index (χ3n) is 4.90. The largest absolute Gasteiger partial charge is 0.496 e. The van der Waals surface area contributed by atoms with Crippen molar-refractivity contribution in [2.24, 2.45) is 0 Å². The van der Waals surface area contributed by atoms with Crippen LogP contribution < -0.4 is 10.1 Å². The third kappa shape index (κ3) is 5.21. The predicted octanol–water partition coefficient (Wildman–Crippen LogP) is 5.92. The average molecular weight is 464 g/mol. The van der Waals surface area contributed by atoms with Crippen molar-refractivity contribution < 1.29 is 9.53 Å². The van der Waals surface area contributed by atoms with E-state index < -0.39 is 0 Å². The van der Waals surface area contributed by atoms with Crippen LogP contribution in [0.15, 0.2) is 71.8 Å².